The van der Waals surface area contributed by atoms with Crippen molar-refractivity contribution in [3.05, 3.63) is 0 Å². The zero-order valence-corrected chi connectivity index (χ0v) is 6.45. The van der Waals surface area contributed by atoms with E-state index in [4.69, 9.17) is 9.90 Å². The number of hydrogen-bond acceptors (Lipinski definition) is 3. The molecule has 0 saturated carbocycles. The Morgan fingerprint density at radius 3 is 1.50 bits per heavy atom. The van der Waals surface area contributed by atoms with E-state index < -0.39 is 0 Å². The molecule has 0 aromatic heterocycles. The molecule has 0 radical (unpaired) electrons. The van der Waals surface area contributed by atoms with Gasteiger partial charge in [-0.3, -0.25) is 0 Å². The maximum Gasteiger partial charge on any atom is 0 e. The molecule has 0 rings (SSSR count). The third-order valence-corrected chi connectivity index (χ3v) is 0. The molecule has 0 aliphatic carbocycles. The molecule has 0 amide bonds. The van der Waals surface area contributed by atoms with Crippen LogP contribution in [0.1, 0.15) is 0 Å². The fourth-order valence-electron chi connectivity index (χ4n) is 0. The Balaban J connectivity index is -0.0000000275. The van der Waals surface area contributed by atoms with Crippen molar-refractivity contribution in [1.82, 2.24) is 0 Å². The Labute approximate surface area is 60.8 Å². The van der Waals surface area contributed by atoms with Gasteiger partial charge < -0.3 is 9.90 Å². The van der Waals surface area contributed by atoms with E-state index in [2.05, 4.69) is 23.3 Å². The molecule has 1 N–H and O–H groups in total. The summed E-state index contributed by atoms with van der Waals surface area (Å²) in [5.41, 5.74) is 0. The molecule has 0 aromatic rings. The standard InChI is InChI=1S/CHO2.Mo.H2S2/c2-1-3;;1-2/h(H,2,3);;1-2H/q-1;;. The van der Waals surface area contributed by atoms with Crippen LogP contribution in [-0.4, -0.2) is 11.6 Å². The van der Waals surface area contributed by atoms with Crippen molar-refractivity contribution < 1.29 is 31.0 Å². The Morgan fingerprint density at radius 2 is 1.50 bits per heavy atom. The van der Waals surface area contributed by atoms with Crippen molar-refractivity contribution in [3.8, 4) is 0 Å². The van der Waals surface area contributed by atoms with Crippen LogP contribution in [0.3, 0.4) is 0 Å². The summed E-state index contributed by atoms with van der Waals surface area (Å²) in [5.74, 6) is 0. The first-order chi connectivity index (χ1) is 2.41. The molecular formula is CH3MoO2S2-. The van der Waals surface area contributed by atoms with Gasteiger partial charge in [0.15, 0.2) is 0 Å². The van der Waals surface area contributed by atoms with Gasteiger partial charge in [-0.05, 0) is 0 Å². The molecule has 0 heterocycles. The van der Waals surface area contributed by atoms with Crippen LogP contribution in [0.4, 0.5) is 0 Å². The van der Waals surface area contributed by atoms with Crippen molar-refractivity contribution in [2.75, 3.05) is 0 Å². The molecule has 0 fully saturated rings. The van der Waals surface area contributed by atoms with Crippen LogP contribution in [0.15, 0.2) is 0 Å². The summed E-state index contributed by atoms with van der Waals surface area (Å²) in [7, 11) is 0. The van der Waals surface area contributed by atoms with E-state index in [1.54, 1.807) is 0 Å². The van der Waals surface area contributed by atoms with E-state index in [0.717, 1.165) is 0 Å². The first kappa shape index (κ1) is 15.8. The fraction of sp³-hybridized carbons (Fsp3) is 0. The third-order valence-electron chi connectivity index (χ3n) is 0. The average molecular weight is 207 g/mol. The van der Waals surface area contributed by atoms with Gasteiger partial charge in [0.25, 0.3) is 0 Å². The number of aliphatic hydroxyl groups excluding tert-OH is 1. The van der Waals surface area contributed by atoms with E-state index in [1.165, 1.54) is 0 Å². The van der Waals surface area contributed by atoms with E-state index in [-0.39, 0.29) is 21.1 Å². The van der Waals surface area contributed by atoms with Gasteiger partial charge in [-0.1, -0.05) is 6.47 Å². The SMILES string of the molecule is O=[C-]O.SS.[Mo]. The second-order valence-corrected chi connectivity index (χ2v) is 0.0913. The number of hydrogen-bond donors (Lipinski definition) is 3. The first-order valence-corrected chi connectivity index (χ1v) is 2.23. The zero-order chi connectivity index (χ0) is 4.71. The Kier molecular flexibility index (Phi) is 106. The minimum absolute atomic E-state index is 0. The molecule has 38 valence electrons. The molecular weight excluding hydrogens is 204 g/mol. The minimum Gasteiger partial charge on any atom is -0.665 e. The summed E-state index contributed by atoms with van der Waals surface area (Å²) in [6.45, 7) is 0.500. The molecule has 2 nitrogen and oxygen atoms in total. The minimum atomic E-state index is 0. The number of rotatable bonds is 0. The molecule has 5 heteroatoms. The normalized spacial score (nSPS) is 3.00. The van der Waals surface area contributed by atoms with E-state index in [0.29, 0.717) is 6.47 Å². The molecule has 6 heavy (non-hydrogen) atoms. The predicted molar refractivity (Wildman–Crippen MR) is 26.3 cm³/mol. The largest absolute Gasteiger partial charge is 0.665 e. The first-order valence-electron chi connectivity index (χ1n) is 0.628. The molecule has 0 aliphatic heterocycles. The van der Waals surface area contributed by atoms with Crippen molar-refractivity contribution in [1.29, 1.82) is 0 Å². The van der Waals surface area contributed by atoms with E-state index in [9.17, 15) is 0 Å². The molecule has 0 aromatic carbocycles. The Bertz CT molecular complexity index is 19.0. The molecule has 0 aliphatic rings. The van der Waals surface area contributed by atoms with E-state index in [1.807, 2.05) is 0 Å². The molecule has 0 saturated heterocycles. The topological polar surface area (TPSA) is 37.3 Å². The van der Waals surface area contributed by atoms with Gasteiger partial charge in [0.1, 0.15) is 0 Å². The predicted octanol–water partition coefficient (Wildman–Crippen LogP) is 0.370. The van der Waals surface area contributed by atoms with Gasteiger partial charge in [-0.15, -0.1) is 23.3 Å². The van der Waals surface area contributed by atoms with Crippen LogP contribution in [0.5, 0.6) is 0 Å². The Hall–Kier alpha value is 0.858. The van der Waals surface area contributed by atoms with Gasteiger partial charge in [-0.2, -0.15) is 0 Å². The quantitative estimate of drug-likeness (QED) is 0.232. The van der Waals surface area contributed by atoms with Gasteiger partial charge in [0.05, 0.1) is 0 Å². The fourth-order valence-corrected chi connectivity index (χ4v) is 0. The van der Waals surface area contributed by atoms with Crippen molar-refractivity contribution >= 4 is 29.8 Å². The summed E-state index contributed by atoms with van der Waals surface area (Å²) in [6.07, 6.45) is 0. The maximum absolute atomic E-state index is 8.24. The average Bonchev–Trinajstić information content (AvgIpc) is 1.46. The van der Waals surface area contributed by atoms with Crippen LogP contribution in [-0.2, 0) is 25.9 Å². The van der Waals surface area contributed by atoms with Crippen LogP contribution in [0.2, 0.25) is 0 Å². The van der Waals surface area contributed by atoms with Crippen LogP contribution >= 0.6 is 23.3 Å². The zero-order valence-electron chi connectivity index (χ0n) is 2.66. The second kappa shape index (κ2) is 40.0. The molecule has 0 spiro atoms. The van der Waals surface area contributed by atoms with Crippen molar-refractivity contribution in [2.45, 2.75) is 0 Å². The van der Waals surface area contributed by atoms with Gasteiger partial charge in [0, 0.05) is 21.1 Å². The van der Waals surface area contributed by atoms with Crippen molar-refractivity contribution in [2.24, 2.45) is 0 Å². The molecule has 0 bridgehead atoms. The summed E-state index contributed by atoms with van der Waals surface area (Å²) < 4.78 is 0. The Morgan fingerprint density at radius 1 is 1.50 bits per heavy atom. The summed E-state index contributed by atoms with van der Waals surface area (Å²) >= 11 is 6.44. The van der Waals surface area contributed by atoms with Crippen LogP contribution < -0.4 is 0 Å². The number of thiol groups is 2. The van der Waals surface area contributed by atoms with Crippen molar-refractivity contribution in [3.63, 3.8) is 0 Å². The van der Waals surface area contributed by atoms with Crippen LogP contribution in [0, 0.1) is 0 Å². The molecule has 0 unspecified atom stereocenters. The monoisotopic (exact) mass is 209 g/mol. The second-order valence-electron chi connectivity index (χ2n) is 0.0913. The van der Waals surface area contributed by atoms with Crippen LogP contribution in [0.25, 0.3) is 0 Å². The third kappa shape index (κ3) is 98.2. The summed E-state index contributed by atoms with van der Waals surface area (Å²) in [6, 6.07) is 0. The molecule has 0 atom stereocenters. The van der Waals surface area contributed by atoms with Gasteiger partial charge in [0.2, 0.25) is 0 Å². The van der Waals surface area contributed by atoms with Gasteiger partial charge in [-0.25, -0.2) is 0 Å². The summed E-state index contributed by atoms with van der Waals surface area (Å²) in [5, 5.41) is 6.76. The van der Waals surface area contributed by atoms with Gasteiger partial charge >= 0.3 is 0 Å². The maximum atomic E-state index is 8.24. The smallest absolute Gasteiger partial charge is 0 e. The summed E-state index contributed by atoms with van der Waals surface area (Å²) in [4.78, 5) is 8.24. The van der Waals surface area contributed by atoms with E-state index >= 15 is 0 Å².